The molecule has 2 aromatic rings. The Bertz CT molecular complexity index is 1240. The highest BCUT2D eigenvalue weighted by Gasteiger charge is 2.36. The molecule has 200 valence electrons. The van der Waals surface area contributed by atoms with Crippen molar-refractivity contribution in [2.24, 2.45) is 5.92 Å². The zero-order valence-corrected chi connectivity index (χ0v) is 22.6. The van der Waals surface area contributed by atoms with E-state index in [1.54, 1.807) is 6.07 Å². The number of piperidine rings is 1. The van der Waals surface area contributed by atoms with Crippen LogP contribution >= 0.6 is 0 Å². The van der Waals surface area contributed by atoms with E-state index in [1.165, 1.54) is 9.87 Å². The first-order chi connectivity index (χ1) is 17.9. The van der Waals surface area contributed by atoms with Crippen LogP contribution in [0.25, 0.3) is 5.57 Å². The summed E-state index contributed by atoms with van der Waals surface area (Å²) in [6, 6.07) is 3.68. The number of fused-ring (bicyclic) bond motifs is 1. The van der Waals surface area contributed by atoms with Gasteiger partial charge in [0.2, 0.25) is 16.0 Å². The number of halogens is 1. The Morgan fingerprint density at radius 2 is 1.84 bits per heavy atom. The number of aromatic nitrogens is 2. The molecule has 3 aliphatic rings. The lowest BCUT2D eigenvalue weighted by Gasteiger charge is -2.34. The lowest BCUT2D eigenvalue weighted by Crippen LogP contribution is -2.40. The van der Waals surface area contributed by atoms with Crippen LogP contribution in [-0.2, 0) is 22.9 Å². The fourth-order valence-electron chi connectivity index (χ4n) is 5.76. The van der Waals surface area contributed by atoms with E-state index < -0.39 is 10.0 Å². The lowest BCUT2D eigenvalue weighted by molar-refractivity contribution is 0.138. The normalized spacial score (nSPS) is 21.0. The molecule has 7 nitrogen and oxygen atoms in total. The lowest BCUT2D eigenvalue weighted by atomic mass is 9.88. The third kappa shape index (κ3) is 5.53. The Labute approximate surface area is 219 Å². The first-order valence-corrected chi connectivity index (χ1v) is 15.2. The van der Waals surface area contributed by atoms with Gasteiger partial charge in [0.1, 0.15) is 17.7 Å². The zero-order chi connectivity index (χ0) is 26.0. The highest BCUT2D eigenvalue weighted by molar-refractivity contribution is 7.89. The standard InChI is InChI=1S/C28H37FN4O3S/c1-3-5-20-18-30-28(31-19-20)32-12-8-22(9-13-32)26-17-24-25(36-26)7-6-23(27(24)29)21-10-14-33(15-11-21)37(34,35)16-4-2/h6-7,10,18-19,22,26H,3-5,8-9,11-17H2,1-2H3. The zero-order valence-electron chi connectivity index (χ0n) is 21.8. The molecule has 1 aromatic carbocycles. The number of ether oxygens (including phenoxy) is 1. The largest absolute Gasteiger partial charge is 0.489 e. The SMILES string of the molecule is CCCc1cnc(N2CCC(C3Cc4c(ccc(C5=CCN(S(=O)(=O)CCC)CC5)c4F)O3)CC2)nc1. The van der Waals surface area contributed by atoms with Crippen LogP contribution in [0, 0.1) is 11.7 Å². The van der Waals surface area contributed by atoms with E-state index in [2.05, 4.69) is 21.8 Å². The summed E-state index contributed by atoms with van der Waals surface area (Å²) in [5.41, 5.74) is 3.28. The minimum atomic E-state index is -3.24. The van der Waals surface area contributed by atoms with Crippen molar-refractivity contribution >= 4 is 21.5 Å². The third-order valence-electron chi connectivity index (χ3n) is 7.84. The van der Waals surface area contributed by atoms with Gasteiger partial charge < -0.3 is 9.64 Å². The van der Waals surface area contributed by atoms with E-state index in [-0.39, 0.29) is 17.7 Å². The molecule has 37 heavy (non-hydrogen) atoms. The Balaban J connectivity index is 1.21. The van der Waals surface area contributed by atoms with Crippen molar-refractivity contribution in [3.63, 3.8) is 0 Å². The summed E-state index contributed by atoms with van der Waals surface area (Å²) in [6.07, 6.45) is 11.4. The van der Waals surface area contributed by atoms with Crippen LogP contribution in [0.4, 0.5) is 10.3 Å². The van der Waals surface area contributed by atoms with Crippen molar-refractivity contribution in [1.82, 2.24) is 14.3 Å². The monoisotopic (exact) mass is 528 g/mol. The molecule has 3 aliphatic heterocycles. The van der Waals surface area contributed by atoms with E-state index in [0.717, 1.165) is 50.3 Å². The summed E-state index contributed by atoms with van der Waals surface area (Å²) in [6.45, 7) is 6.45. The summed E-state index contributed by atoms with van der Waals surface area (Å²) >= 11 is 0. The van der Waals surface area contributed by atoms with E-state index in [4.69, 9.17) is 4.74 Å². The van der Waals surface area contributed by atoms with E-state index in [0.29, 0.717) is 55.1 Å². The van der Waals surface area contributed by atoms with Crippen LogP contribution in [0.15, 0.2) is 30.6 Å². The van der Waals surface area contributed by atoms with E-state index in [9.17, 15) is 8.42 Å². The van der Waals surface area contributed by atoms with Gasteiger partial charge in [-0.3, -0.25) is 0 Å². The summed E-state index contributed by atoms with van der Waals surface area (Å²) in [5, 5.41) is 0. The Kier molecular flexibility index (Phi) is 7.81. The van der Waals surface area contributed by atoms with Crippen molar-refractivity contribution < 1.29 is 17.5 Å². The second kappa shape index (κ2) is 11.1. The fraction of sp³-hybridized carbons (Fsp3) is 0.571. The number of hydrogen-bond donors (Lipinski definition) is 0. The van der Waals surface area contributed by atoms with Gasteiger partial charge in [-0.25, -0.2) is 22.8 Å². The molecule has 0 saturated carbocycles. The molecule has 0 amide bonds. The molecular weight excluding hydrogens is 491 g/mol. The van der Waals surface area contributed by atoms with Crippen molar-refractivity contribution in [1.29, 1.82) is 0 Å². The van der Waals surface area contributed by atoms with Gasteiger partial charge in [0.25, 0.3) is 0 Å². The van der Waals surface area contributed by atoms with Crippen LogP contribution in [0.3, 0.4) is 0 Å². The number of anilines is 1. The Morgan fingerprint density at radius 3 is 2.49 bits per heavy atom. The average Bonchev–Trinajstić information content (AvgIpc) is 3.35. The third-order valence-corrected chi connectivity index (χ3v) is 9.88. The second-order valence-electron chi connectivity index (χ2n) is 10.4. The molecule has 4 heterocycles. The molecule has 0 bridgehead atoms. The van der Waals surface area contributed by atoms with Crippen LogP contribution in [-0.4, -0.2) is 60.7 Å². The quantitative estimate of drug-likeness (QED) is 0.498. The van der Waals surface area contributed by atoms with E-state index in [1.807, 2.05) is 31.5 Å². The number of nitrogens with zero attached hydrogens (tertiary/aromatic N) is 4. The number of benzene rings is 1. The van der Waals surface area contributed by atoms with Crippen LogP contribution in [0.2, 0.25) is 0 Å². The maximum Gasteiger partial charge on any atom is 0.225 e. The van der Waals surface area contributed by atoms with Crippen LogP contribution in [0.1, 0.15) is 62.6 Å². The minimum Gasteiger partial charge on any atom is -0.489 e. The molecule has 1 unspecified atom stereocenters. The van der Waals surface area contributed by atoms with Crippen molar-refractivity contribution in [3.05, 3.63) is 53.1 Å². The highest BCUT2D eigenvalue weighted by Crippen LogP contribution is 2.40. The molecule has 0 N–H and O–H groups in total. The fourth-order valence-corrected chi connectivity index (χ4v) is 7.20. The molecule has 0 radical (unpaired) electrons. The topological polar surface area (TPSA) is 75.6 Å². The molecule has 1 fully saturated rings. The number of aryl methyl sites for hydroxylation is 1. The highest BCUT2D eigenvalue weighted by atomic mass is 32.2. The van der Waals surface area contributed by atoms with Crippen molar-refractivity contribution in [2.75, 3.05) is 36.8 Å². The molecule has 0 aliphatic carbocycles. The van der Waals surface area contributed by atoms with Gasteiger partial charge >= 0.3 is 0 Å². The maximum absolute atomic E-state index is 15.6. The first kappa shape index (κ1) is 26.1. The summed E-state index contributed by atoms with van der Waals surface area (Å²) in [5.74, 6) is 1.73. The van der Waals surface area contributed by atoms with Crippen LogP contribution in [0.5, 0.6) is 5.75 Å². The molecule has 1 aromatic heterocycles. The van der Waals surface area contributed by atoms with Gasteiger partial charge in [0.15, 0.2) is 0 Å². The summed E-state index contributed by atoms with van der Waals surface area (Å²) in [4.78, 5) is 11.4. The van der Waals surface area contributed by atoms with Gasteiger partial charge in [-0.1, -0.05) is 26.3 Å². The number of sulfonamides is 1. The van der Waals surface area contributed by atoms with Gasteiger partial charge in [-0.2, -0.15) is 4.31 Å². The smallest absolute Gasteiger partial charge is 0.225 e. The van der Waals surface area contributed by atoms with Crippen LogP contribution < -0.4 is 9.64 Å². The Hall–Kier alpha value is -2.52. The van der Waals surface area contributed by atoms with Crippen molar-refractivity contribution in [2.45, 2.75) is 64.9 Å². The molecule has 9 heteroatoms. The first-order valence-electron chi connectivity index (χ1n) is 13.6. The molecule has 5 rings (SSSR count). The molecule has 0 spiro atoms. The summed E-state index contributed by atoms with van der Waals surface area (Å²) in [7, 11) is -3.24. The minimum absolute atomic E-state index is 0.0234. The van der Waals surface area contributed by atoms with Crippen molar-refractivity contribution in [3.8, 4) is 5.75 Å². The number of hydrogen-bond acceptors (Lipinski definition) is 6. The molecular formula is C28H37FN4O3S. The molecule has 1 saturated heterocycles. The summed E-state index contributed by atoms with van der Waals surface area (Å²) < 4.78 is 48.1. The Morgan fingerprint density at radius 1 is 1.08 bits per heavy atom. The van der Waals surface area contributed by atoms with Gasteiger partial charge in [-0.05, 0) is 61.3 Å². The second-order valence-corrected chi connectivity index (χ2v) is 12.5. The van der Waals surface area contributed by atoms with Gasteiger partial charge in [-0.15, -0.1) is 0 Å². The van der Waals surface area contributed by atoms with Gasteiger partial charge in [0.05, 0.1) is 5.75 Å². The van der Waals surface area contributed by atoms with Gasteiger partial charge in [0, 0.05) is 56.1 Å². The predicted molar refractivity (Wildman–Crippen MR) is 144 cm³/mol. The predicted octanol–water partition coefficient (Wildman–Crippen LogP) is 4.62. The number of rotatable bonds is 8. The maximum atomic E-state index is 15.6. The average molecular weight is 529 g/mol. The molecule has 1 atom stereocenters. The van der Waals surface area contributed by atoms with E-state index >= 15 is 4.39 Å².